The predicted octanol–water partition coefficient (Wildman–Crippen LogP) is 2.43. The number of amides is 1. The van der Waals surface area contributed by atoms with E-state index in [0.717, 1.165) is 11.1 Å². The quantitative estimate of drug-likeness (QED) is 0.727. The number of halogens is 1. The molecule has 0 saturated carbocycles. The van der Waals surface area contributed by atoms with Crippen molar-refractivity contribution >= 4 is 34.0 Å². The van der Waals surface area contributed by atoms with Crippen LogP contribution in [0.2, 0.25) is 0 Å². The molecule has 8 heteroatoms. The monoisotopic (exact) mass is 377 g/mol. The van der Waals surface area contributed by atoms with E-state index in [9.17, 15) is 13.2 Å². The van der Waals surface area contributed by atoms with Gasteiger partial charge in [0.25, 0.3) is 0 Å². The molecular formula is C16H28ClN3O3S. The lowest BCUT2D eigenvalue weighted by atomic mass is 10.1. The number of rotatable bonds is 8. The molecule has 24 heavy (non-hydrogen) atoms. The van der Waals surface area contributed by atoms with Crippen LogP contribution in [0.4, 0.5) is 5.69 Å². The van der Waals surface area contributed by atoms with Gasteiger partial charge in [-0.15, -0.1) is 12.4 Å². The Labute approximate surface area is 151 Å². The van der Waals surface area contributed by atoms with Gasteiger partial charge in [0.2, 0.25) is 15.9 Å². The molecule has 0 saturated heterocycles. The molecule has 6 nitrogen and oxygen atoms in total. The summed E-state index contributed by atoms with van der Waals surface area (Å²) in [7, 11) is -3.55. The summed E-state index contributed by atoms with van der Waals surface area (Å²) in [5.41, 5.74) is 7.64. The molecule has 1 aromatic carbocycles. The molecule has 0 unspecified atom stereocenters. The van der Waals surface area contributed by atoms with Crippen molar-refractivity contribution in [2.45, 2.75) is 45.4 Å². The maximum Gasteiger partial charge on any atom is 0.243 e. The standard InChI is InChI=1S/C16H27N3O3S.ClH/c1-5-19(6-2)23(21,22)14-10-12(3)13(4)15(11-14)18-16(20)8-7-9-17;/h10-11H,5-9,17H2,1-4H3,(H,18,20);1H. The molecule has 0 heterocycles. The number of hydrogen-bond donors (Lipinski definition) is 2. The molecule has 0 aromatic heterocycles. The minimum absolute atomic E-state index is 0. The SMILES string of the molecule is CCN(CC)S(=O)(=O)c1cc(C)c(C)c(NC(=O)CCCN)c1.Cl. The van der Waals surface area contributed by atoms with Gasteiger partial charge in [-0.1, -0.05) is 13.8 Å². The van der Waals surface area contributed by atoms with Crippen LogP contribution < -0.4 is 11.1 Å². The Morgan fingerprint density at radius 3 is 2.29 bits per heavy atom. The van der Waals surface area contributed by atoms with Gasteiger partial charge >= 0.3 is 0 Å². The summed E-state index contributed by atoms with van der Waals surface area (Å²) >= 11 is 0. The van der Waals surface area contributed by atoms with Crippen molar-refractivity contribution in [2.75, 3.05) is 25.0 Å². The number of nitrogens with zero attached hydrogens (tertiary/aromatic N) is 1. The molecule has 138 valence electrons. The minimum atomic E-state index is -3.55. The number of nitrogens with one attached hydrogen (secondary N) is 1. The lowest BCUT2D eigenvalue weighted by Gasteiger charge is -2.20. The summed E-state index contributed by atoms with van der Waals surface area (Å²) in [6, 6.07) is 3.19. The fourth-order valence-electron chi connectivity index (χ4n) is 2.29. The second kappa shape index (κ2) is 9.98. The Bertz CT molecular complexity index is 659. The van der Waals surface area contributed by atoms with E-state index in [0.29, 0.717) is 38.2 Å². The van der Waals surface area contributed by atoms with Crippen LogP contribution in [-0.2, 0) is 14.8 Å². The number of carbonyl (C=O) groups is 1. The highest BCUT2D eigenvalue weighted by atomic mass is 35.5. The van der Waals surface area contributed by atoms with Crippen molar-refractivity contribution in [2.24, 2.45) is 5.73 Å². The Morgan fingerprint density at radius 2 is 1.79 bits per heavy atom. The highest BCUT2D eigenvalue weighted by Crippen LogP contribution is 2.26. The first-order valence-corrected chi connectivity index (χ1v) is 9.33. The molecule has 0 fully saturated rings. The number of sulfonamides is 1. The van der Waals surface area contributed by atoms with Crippen LogP contribution in [0.5, 0.6) is 0 Å². The van der Waals surface area contributed by atoms with Crippen LogP contribution in [0, 0.1) is 13.8 Å². The highest BCUT2D eigenvalue weighted by molar-refractivity contribution is 7.89. The Hall–Kier alpha value is -1.15. The lowest BCUT2D eigenvalue weighted by Crippen LogP contribution is -2.30. The maximum atomic E-state index is 12.7. The van der Waals surface area contributed by atoms with Crippen LogP contribution in [0.25, 0.3) is 0 Å². The Balaban J connectivity index is 0.00000529. The van der Waals surface area contributed by atoms with Crippen LogP contribution >= 0.6 is 12.4 Å². The van der Waals surface area contributed by atoms with E-state index in [4.69, 9.17) is 5.73 Å². The molecular weight excluding hydrogens is 350 g/mol. The zero-order valence-corrected chi connectivity index (χ0v) is 16.4. The second-order valence-electron chi connectivity index (χ2n) is 5.44. The van der Waals surface area contributed by atoms with Crippen molar-refractivity contribution in [3.8, 4) is 0 Å². The Kier molecular flexibility index (Phi) is 9.50. The summed E-state index contributed by atoms with van der Waals surface area (Å²) in [6.45, 7) is 8.57. The third-order valence-corrected chi connectivity index (χ3v) is 5.89. The normalized spacial score (nSPS) is 11.2. The van der Waals surface area contributed by atoms with Crippen molar-refractivity contribution < 1.29 is 13.2 Å². The van der Waals surface area contributed by atoms with Crippen LogP contribution in [0.3, 0.4) is 0 Å². The average Bonchev–Trinajstić information content (AvgIpc) is 2.50. The van der Waals surface area contributed by atoms with Gasteiger partial charge in [0.05, 0.1) is 4.90 Å². The summed E-state index contributed by atoms with van der Waals surface area (Å²) in [4.78, 5) is 12.1. The number of benzene rings is 1. The Morgan fingerprint density at radius 1 is 1.21 bits per heavy atom. The van der Waals surface area contributed by atoms with Gasteiger partial charge < -0.3 is 11.1 Å². The summed E-state index contributed by atoms with van der Waals surface area (Å²) in [5, 5.41) is 2.80. The minimum Gasteiger partial charge on any atom is -0.330 e. The zero-order valence-electron chi connectivity index (χ0n) is 14.8. The van der Waals surface area contributed by atoms with Crippen molar-refractivity contribution in [3.63, 3.8) is 0 Å². The molecule has 1 aromatic rings. The van der Waals surface area contributed by atoms with Gasteiger partial charge in [0.1, 0.15) is 0 Å². The third kappa shape index (κ3) is 5.44. The predicted molar refractivity (Wildman–Crippen MR) is 100 cm³/mol. The zero-order chi connectivity index (χ0) is 17.6. The van der Waals surface area contributed by atoms with Crippen LogP contribution in [0.15, 0.2) is 17.0 Å². The maximum absolute atomic E-state index is 12.7. The average molecular weight is 378 g/mol. The smallest absolute Gasteiger partial charge is 0.243 e. The van der Waals surface area contributed by atoms with E-state index in [2.05, 4.69) is 5.32 Å². The molecule has 0 radical (unpaired) electrons. The fraction of sp³-hybridized carbons (Fsp3) is 0.562. The van der Waals surface area contributed by atoms with Crippen molar-refractivity contribution in [1.29, 1.82) is 0 Å². The summed E-state index contributed by atoms with van der Waals surface area (Å²) < 4.78 is 26.7. The first-order valence-electron chi connectivity index (χ1n) is 7.89. The van der Waals surface area contributed by atoms with Gasteiger partial charge in [-0.25, -0.2) is 8.42 Å². The molecule has 1 rings (SSSR count). The van der Waals surface area contributed by atoms with Crippen molar-refractivity contribution in [1.82, 2.24) is 4.31 Å². The van der Waals surface area contributed by atoms with Gasteiger partial charge in [-0.2, -0.15) is 4.31 Å². The van der Waals surface area contributed by atoms with Crippen molar-refractivity contribution in [3.05, 3.63) is 23.3 Å². The number of hydrogen-bond acceptors (Lipinski definition) is 4. The van der Waals surface area contributed by atoms with E-state index >= 15 is 0 Å². The van der Waals surface area contributed by atoms with Gasteiger partial charge in [-0.3, -0.25) is 4.79 Å². The topological polar surface area (TPSA) is 92.5 Å². The van der Waals surface area contributed by atoms with Gasteiger partial charge in [-0.05, 0) is 50.1 Å². The number of anilines is 1. The number of aryl methyl sites for hydroxylation is 1. The summed E-state index contributed by atoms with van der Waals surface area (Å²) in [6.07, 6.45) is 0.920. The number of nitrogens with two attached hydrogens (primary N) is 1. The molecule has 0 spiro atoms. The highest BCUT2D eigenvalue weighted by Gasteiger charge is 2.23. The first kappa shape index (κ1) is 22.9. The van der Waals surface area contributed by atoms with E-state index in [1.54, 1.807) is 19.9 Å². The molecule has 0 aliphatic heterocycles. The molecule has 0 aliphatic carbocycles. The van der Waals surface area contributed by atoms with Gasteiger partial charge in [0.15, 0.2) is 0 Å². The molecule has 0 bridgehead atoms. The molecule has 0 atom stereocenters. The molecule has 1 amide bonds. The van der Waals surface area contributed by atoms with Crippen LogP contribution in [-0.4, -0.2) is 38.3 Å². The molecule has 3 N–H and O–H groups in total. The van der Waals surface area contributed by atoms with E-state index in [1.165, 1.54) is 10.4 Å². The van der Waals surface area contributed by atoms with Gasteiger partial charge in [0, 0.05) is 25.2 Å². The van der Waals surface area contributed by atoms with E-state index in [-0.39, 0.29) is 23.2 Å². The largest absolute Gasteiger partial charge is 0.330 e. The lowest BCUT2D eigenvalue weighted by molar-refractivity contribution is -0.116. The first-order chi connectivity index (χ1) is 10.8. The van der Waals surface area contributed by atoms with E-state index in [1.807, 2.05) is 13.8 Å². The summed E-state index contributed by atoms with van der Waals surface area (Å²) in [5.74, 6) is -0.157. The van der Waals surface area contributed by atoms with E-state index < -0.39 is 10.0 Å². The second-order valence-corrected chi connectivity index (χ2v) is 7.38. The van der Waals surface area contributed by atoms with Crippen LogP contribution in [0.1, 0.15) is 37.8 Å². The number of carbonyl (C=O) groups excluding carboxylic acids is 1. The molecule has 0 aliphatic rings. The third-order valence-electron chi connectivity index (χ3n) is 3.87. The fourth-order valence-corrected chi connectivity index (χ4v) is 3.86.